The lowest BCUT2D eigenvalue weighted by atomic mass is 9.89. The Bertz CT molecular complexity index is 625. The number of hydrogen-bond acceptors (Lipinski definition) is 4. The summed E-state index contributed by atoms with van der Waals surface area (Å²) in [6.45, 7) is 6.05. The van der Waals surface area contributed by atoms with Gasteiger partial charge in [0.2, 0.25) is 5.89 Å². The quantitative estimate of drug-likeness (QED) is 0.868. The number of hydrogen-bond donors (Lipinski definition) is 0. The van der Waals surface area contributed by atoms with Crippen LogP contribution in [0.3, 0.4) is 0 Å². The summed E-state index contributed by atoms with van der Waals surface area (Å²) in [5.74, 6) is 2.38. The molecule has 0 amide bonds. The molecular formula is C16H20ClN3O. The van der Waals surface area contributed by atoms with E-state index in [1.807, 2.05) is 18.2 Å². The Morgan fingerprint density at radius 2 is 2.05 bits per heavy atom. The molecule has 2 atom stereocenters. The maximum atomic E-state index is 6.13. The number of nitrogens with zero attached hydrogens (tertiary/aromatic N) is 3. The Labute approximate surface area is 130 Å². The molecule has 0 spiro atoms. The molecule has 0 bridgehead atoms. The predicted octanol–water partition coefficient (Wildman–Crippen LogP) is 3.66. The van der Waals surface area contributed by atoms with Gasteiger partial charge in [0.15, 0.2) is 5.82 Å². The van der Waals surface area contributed by atoms with Crippen molar-refractivity contribution < 1.29 is 4.52 Å². The van der Waals surface area contributed by atoms with Crippen molar-refractivity contribution in [2.75, 3.05) is 20.1 Å². The summed E-state index contributed by atoms with van der Waals surface area (Å²) in [5, 5.41) is 4.87. The molecule has 1 fully saturated rings. The number of benzene rings is 1. The van der Waals surface area contributed by atoms with Crippen LogP contribution >= 0.6 is 11.6 Å². The Hall–Kier alpha value is -1.39. The summed E-state index contributed by atoms with van der Waals surface area (Å²) in [6.07, 6.45) is 0. The third-order valence-electron chi connectivity index (χ3n) is 4.07. The largest absolute Gasteiger partial charge is 0.339 e. The molecule has 0 saturated carbocycles. The zero-order valence-electron chi connectivity index (χ0n) is 12.6. The lowest BCUT2D eigenvalue weighted by molar-refractivity contribution is 0.337. The average molecular weight is 306 g/mol. The summed E-state index contributed by atoms with van der Waals surface area (Å²) in [5.41, 5.74) is 1.24. The second kappa shape index (κ2) is 5.78. The lowest BCUT2D eigenvalue weighted by Gasteiger charge is -2.15. The predicted molar refractivity (Wildman–Crippen MR) is 82.8 cm³/mol. The monoisotopic (exact) mass is 305 g/mol. The molecule has 0 N–H and O–H groups in total. The molecule has 1 aliphatic rings. The van der Waals surface area contributed by atoms with Crippen molar-refractivity contribution in [3.8, 4) is 0 Å². The highest BCUT2D eigenvalue weighted by Gasteiger charge is 2.37. The first kappa shape index (κ1) is 14.5. The minimum absolute atomic E-state index is 0.230. The van der Waals surface area contributed by atoms with Crippen LogP contribution < -0.4 is 0 Å². The summed E-state index contributed by atoms with van der Waals surface area (Å²) < 4.78 is 5.52. The molecule has 4 nitrogen and oxygen atoms in total. The van der Waals surface area contributed by atoms with Crippen molar-refractivity contribution in [2.24, 2.45) is 0 Å². The zero-order valence-corrected chi connectivity index (χ0v) is 13.3. The standard InChI is InChI=1S/C16H20ClN3O/c1-10(2)15-18-16(21-19-15)14-9-20(3)8-13(14)11-5-4-6-12(17)7-11/h4-7,10,13-14H,8-9H2,1-3H3. The van der Waals surface area contributed by atoms with E-state index in [4.69, 9.17) is 16.1 Å². The summed E-state index contributed by atoms with van der Waals surface area (Å²) in [7, 11) is 2.12. The Balaban J connectivity index is 1.91. The molecule has 1 aromatic heterocycles. The van der Waals surface area contributed by atoms with Gasteiger partial charge in [-0.1, -0.05) is 42.7 Å². The van der Waals surface area contributed by atoms with E-state index in [-0.39, 0.29) is 11.8 Å². The maximum Gasteiger partial charge on any atom is 0.231 e. The van der Waals surface area contributed by atoms with E-state index in [0.29, 0.717) is 5.92 Å². The highest BCUT2D eigenvalue weighted by molar-refractivity contribution is 6.30. The van der Waals surface area contributed by atoms with Crippen LogP contribution in [0, 0.1) is 0 Å². The molecule has 1 aliphatic heterocycles. The fourth-order valence-electron chi connectivity index (χ4n) is 2.96. The minimum atomic E-state index is 0.230. The van der Waals surface area contributed by atoms with E-state index < -0.39 is 0 Å². The first-order valence-corrected chi connectivity index (χ1v) is 7.70. The molecule has 0 radical (unpaired) electrons. The van der Waals surface area contributed by atoms with Crippen LogP contribution in [-0.2, 0) is 0 Å². The molecule has 21 heavy (non-hydrogen) atoms. The van der Waals surface area contributed by atoms with E-state index in [0.717, 1.165) is 29.8 Å². The Kier molecular flexibility index (Phi) is 4.00. The molecule has 1 aromatic carbocycles. The third kappa shape index (κ3) is 2.97. The topological polar surface area (TPSA) is 42.2 Å². The first-order chi connectivity index (χ1) is 10.0. The van der Waals surface area contributed by atoms with Crippen LogP contribution in [-0.4, -0.2) is 35.2 Å². The van der Waals surface area contributed by atoms with Crippen LogP contribution in [0.2, 0.25) is 5.02 Å². The minimum Gasteiger partial charge on any atom is -0.339 e. The van der Waals surface area contributed by atoms with Crippen molar-refractivity contribution in [3.05, 3.63) is 46.6 Å². The SMILES string of the molecule is CC(C)c1noc(C2CN(C)CC2c2cccc(Cl)c2)n1. The van der Waals surface area contributed by atoms with Gasteiger partial charge in [-0.2, -0.15) is 4.98 Å². The van der Waals surface area contributed by atoms with Crippen molar-refractivity contribution in [3.63, 3.8) is 0 Å². The number of halogens is 1. The van der Waals surface area contributed by atoms with E-state index in [9.17, 15) is 0 Å². The van der Waals surface area contributed by atoms with E-state index in [2.05, 4.69) is 42.0 Å². The van der Waals surface area contributed by atoms with E-state index in [1.165, 1.54) is 5.56 Å². The van der Waals surface area contributed by atoms with Gasteiger partial charge in [0.05, 0.1) is 5.92 Å². The van der Waals surface area contributed by atoms with Gasteiger partial charge in [-0.25, -0.2) is 0 Å². The van der Waals surface area contributed by atoms with Gasteiger partial charge in [-0.05, 0) is 24.7 Å². The van der Waals surface area contributed by atoms with Gasteiger partial charge in [-0.15, -0.1) is 0 Å². The van der Waals surface area contributed by atoms with Crippen LogP contribution in [0.1, 0.15) is 48.9 Å². The third-order valence-corrected chi connectivity index (χ3v) is 4.31. The molecule has 112 valence electrons. The molecule has 1 saturated heterocycles. The normalized spacial score (nSPS) is 23.1. The molecule has 0 aliphatic carbocycles. The lowest BCUT2D eigenvalue weighted by Crippen LogP contribution is -2.13. The maximum absolute atomic E-state index is 6.13. The highest BCUT2D eigenvalue weighted by Crippen LogP contribution is 2.39. The number of likely N-dealkylation sites (N-methyl/N-ethyl adjacent to an activating group) is 1. The molecular weight excluding hydrogens is 286 g/mol. The van der Waals surface area contributed by atoms with Crippen LogP contribution in [0.5, 0.6) is 0 Å². The van der Waals surface area contributed by atoms with Crippen molar-refractivity contribution in [2.45, 2.75) is 31.6 Å². The molecule has 5 heteroatoms. The number of likely N-dealkylation sites (tertiary alicyclic amines) is 1. The molecule has 2 aromatic rings. The van der Waals surface area contributed by atoms with Crippen LogP contribution in [0.15, 0.2) is 28.8 Å². The summed E-state index contributed by atoms with van der Waals surface area (Å²) >= 11 is 6.13. The fourth-order valence-corrected chi connectivity index (χ4v) is 3.16. The van der Waals surface area contributed by atoms with Gasteiger partial charge < -0.3 is 9.42 Å². The number of rotatable bonds is 3. The average Bonchev–Trinajstić information content (AvgIpc) is 3.04. The molecule has 2 heterocycles. The molecule has 3 rings (SSSR count). The second-order valence-electron chi connectivity index (χ2n) is 6.13. The Morgan fingerprint density at radius 3 is 2.71 bits per heavy atom. The van der Waals surface area contributed by atoms with Crippen LogP contribution in [0.4, 0.5) is 0 Å². The van der Waals surface area contributed by atoms with Gasteiger partial charge in [-0.3, -0.25) is 0 Å². The van der Waals surface area contributed by atoms with Crippen LogP contribution in [0.25, 0.3) is 0 Å². The summed E-state index contributed by atoms with van der Waals surface area (Å²) in [4.78, 5) is 6.89. The van der Waals surface area contributed by atoms with Crippen molar-refractivity contribution >= 4 is 11.6 Å². The van der Waals surface area contributed by atoms with Gasteiger partial charge in [0, 0.05) is 29.9 Å². The van der Waals surface area contributed by atoms with E-state index in [1.54, 1.807) is 0 Å². The van der Waals surface area contributed by atoms with Gasteiger partial charge in [0.1, 0.15) is 0 Å². The van der Waals surface area contributed by atoms with Crippen molar-refractivity contribution in [1.82, 2.24) is 15.0 Å². The zero-order chi connectivity index (χ0) is 15.0. The van der Waals surface area contributed by atoms with E-state index >= 15 is 0 Å². The van der Waals surface area contributed by atoms with Gasteiger partial charge in [0.25, 0.3) is 0 Å². The second-order valence-corrected chi connectivity index (χ2v) is 6.57. The molecule has 2 unspecified atom stereocenters. The van der Waals surface area contributed by atoms with Gasteiger partial charge >= 0.3 is 0 Å². The van der Waals surface area contributed by atoms with Crippen molar-refractivity contribution in [1.29, 1.82) is 0 Å². The fraction of sp³-hybridized carbons (Fsp3) is 0.500. The Morgan fingerprint density at radius 1 is 1.29 bits per heavy atom. The highest BCUT2D eigenvalue weighted by atomic mass is 35.5. The number of aromatic nitrogens is 2. The summed E-state index contributed by atoms with van der Waals surface area (Å²) in [6, 6.07) is 8.07. The smallest absolute Gasteiger partial charge is 0.231 e. The first-order valence-electron chi connectivity index (χ1n) is 7.32.